The molecule has 0 saturated carbocycles. The topological polar surface area (TPSA) is 38.3 Å². The molecule has 0 atom stereocenters. The smallest absolute Gasteiger partial charge is 0.227 e. The molecule has 1 amide bonds. The number of hydrogen-bond acceptors (Lipinski definition) is 2. The van der Waals surface area contributed by atoms with Crippen molar-refractivity contribution in [2.75, 3.05) is 18.5 Å². The van der Waals surface area contributed by atoms with E-state index in [1.165, 1.54) is 0 Å². The number of carbonyl (C=O) groups excluding carboxylic acids is 1. The molecule has 86 valence electrons. The first kappa shape index (κ1) is 11.1. The summed E-state index contributed by atoms with van der Waals surface area (Å²) >= 11 is 0. The molecule has 1 N–H and O–H groups in total. The van der Waals surface area contributed by atoms with Crippen LogP contribution in [0.3, 0.4) is 0 Å². The van der Waals surface area contributed by atoms with Crippen molar-refractivity contribution in [3.8, 4) is 0 Å². The Morgan fingerprint density at radius 1 is 1.38 bits per heavy atom. The van der Waals surface area contributed by atoms with Crippen molar-refractivity contribution in [2.45, 2.75) is 19.8 Å². The highest BCUT2D eigenvalue weighted by atomic mass is 16.5. The van der Waals surface area contributed by atoms with E-state index < -0.39 is 0 Å². The van der Waals surface area contributed by atoms with Crippen molar-refractivity contribution in [3.05, 3.63) is 29.8 Å². The summed E-state index contributed by atoms with van der Waals surface area (Å²) in [5.74, 6) is 0.225. The van der Waals surface area contributed by atoms with E-state index in [-0.39, 0.29) is 11.8 Å². The minimum atomic E-state index is 0.106. The Kier molecular flexibility index (Phi) is 3.57. The Morgan fingerprint density at radius 3 is 2.81 bits per heavy atom. The number of carbonyl (C=O) groups is 1. The van der Waals surface area contributed by atoms with E-state index in [1.54, 1.807) is 0 Å². The summed E-state index contributed by atoms with van der Waals surface area (Å²) in [5, 5.41) is 2.96. The van der Waals surface area contributed by atoms with Crippen LogP contribution in [-0.4, -0.2) is 19.1 Å². The summed E-state index contributed by atoms with van der Waals surface area (Å²) in [5.41, 5.74) is 2.04. The Morgan fingerprint density at radius 2 is 2.12 bits per heavy atom. The average Bonchev–Trinajstić information content (AvgIpc) is 2.30. The number of hydrogen-bond donors (Lipinski definition) is 1. The molecule has 0 aromatic heterocycles. The second-order valence-corrected chi connectivity index (χ2v) is 4.25. The third kappa shape index (κ3) is 2.83. The molecule has 1 heterocycles. The zero-order valence-electron chi connectivity index (χ0n) is 9.53. The Labute approximate surface area is 95.8 Å². The second kappa shape index (κ2) is 5.12. The molecule has 1 aliphatic heterocycles. The molecular formula is C13H17NO2. The van der Waals surface area contributed by atoms with Gasteiger partial charge in [-0.2, -0.15) is 0 Å². The Hall–Kier alpha value is -1.35. The van der Waals surface area contributed by atoms with E-state index in [2.05, 4.69) is 5.32 Å². The molecule has 1 aromatic rings. The lowest BCUT2D eigenvalue weighted by atomic mass is 9.99. The van der Waals surface area contributed by atoms with Gasteiger partial charge in [0.1, 0.15) is 0 Å². The molecule has 3 nitrogen and oxygen atoms in total. The van der Waals surface area contributed by atoms with E-state index >= 15 is 0 Å². The van der Waals surface area contributed by atoms with Gasteiger partial charge in [-0.25, -0.2) is 0 Å². The van der Waals surface area contributed by atoms with Gasteiger partial charge in [0, 0.05) is 24.8 Å². The lowest BCUT2D eigenvalue weighted by Crippen LogP contribution is -2.28. The minimum Gasteiger partial charge on any atom is -0.381 e. The predicted molar refractivity (Wildman–Crippen MR) is 63.4 cm³/mol. The van der Waals surface area contributed by atoms with E-state index in [1.807, 2.05) is 31.2 Å². The van der Waals surface area contributed by atoms with Gasteiger partial charge in [-0.05, 0) is 37.5 Å². The van der Waals surface area contributed by atoms with Crippen molar-refractivity contribution >= 4 is 11.6 Å². The molecule has 1 fully saturated rings. The van der Waals surface area contributed by atoms with Crippen LogP contribution in [-0.2, 0) is 9.53 Å². The van der Waals surface area contributed by atoms with Gasteiger partial charge in [-0.3, -0.25) is 4.79 Å². The molecule has 1 aromatic carbocycles. The SMILES string of the molecule is Cc1cccc(NC(=O)C2CCOCC2)c1. The second-order valence-electron chi connectivity index (χ2n) is 4.25. The number of anilines is 1. The van der Waals surface area contributed by atoms with Crippen LogP contribution in [0.15, 0.2) is 24.3 Å². The maximum atomic E-state index is 11.9. The molecule has 0 radical (unpaired) electrons. The molecule has 1 aliphatic rings. The van der Waals surface area contributed by atoms with Crippen LogP contribution in [0.1, 0.15) is 18.4 Å². The highest BCUT2D eigenvalue weighted by molar-refractivity contribution is 5.92. The monoisotopic (exact) mass is 219 g/mol. The fourth-order valence-corrected chi connectivity index (χ4v) is 1.93. The fraction of sp³-hybridized carbons (Fsp3) is 0.462. The van der Waals surface area contributed by atoms with Gasteiger partial charge >= 0.3 is 0 Å². The van der Waals surface area contributed by atoms with Crippen LogP contribution in [0.5, 0.6) is 0 Å². The number of benzene rings is 1. The summed E-state index contributed by atoms with van der Waals surface area (Å²) in [6, 6.07) is 7.88. The van der Waals surface area contributed by atoms with Crippen molar-refractivity contribution in [3.63, 3.8) is 0 Å². The number of amides is 1. The normalized spacial score (nSPS) is 17.1. The maximum Gasteiger partial charge on any atom is 0.227 e. The van der Waals surface area contributed by atoms with Gasteiger partial charge < -0.3 is 10.1 Å². The first-order valence-corrected chi connectivity index (χ1v) is 5.71. The van der Waals surface area contributed by atoms with Crippen LogP contribution in [0.4, 0.5) is 5.69 Å². The highest BCUT2D eigenvalue weighted by Crippen LogP contribution is 2.18. The first-order valence-electron chi connectivity index (χ1n) is 5.71. The van der Waals surface area contributed by atoms with Gasteiger partial charge in [0.2, 0.25) is 5.91 Å². The average molecular weight is 219 g/mol. The highest BCUT2D eigenvalue weighted by Gasteiger charge is 2.21. The molecule has 0 bridgehead atoms. The third-order valence-corrected chi connectivity index (χ3v) is 2.88. The van der Waals surface area contributed by atoms with Crippen molar-refractivity contribution < 1.29 is 9.53 Å². The van der Waals surface area contributed by atoms with Crippen LogP contribution in [0.2, 0.25) is 0 Å². The molecule has 2 rings (SSSR count). The molecule has 0 spiro atoms. The molecule has 0 aliphatic carbocycles. The summed E-state index contributed by atoms with van der Waals surface area (Å²) in [7, 11) is 0. The third-order valence-electron chi connectivity index (χ3n) is 2.88. The van der Waals surface area contributed by atoms with Crippen LogP contribution < -0.4 is 5.32 Å². The molecule has 16 heavy (non-hydrogen) atoms. The number of ether oxygens (including phenoxy) is 1. The number of rotatable bonds is 2. The largest absolute Gasteiger partial charge is 0.381 e. The fourth-order valence-electron chi connectivity index (χ4n) is 1.93. The van der Waals surface area contributed by atoms with Crippen LogP contribution in [0, 0.1) is 12.8 Å². The summed E-state index contributed by atoms with van der Waals surface area (Å²) in [4.78, 5) is 11.9. The first-order chi connectivity index (χ1) is 7.75. The quantitative estimate of drug-likeness (QED) is 0.829. The van der Waals surface area contributed by atoms with Crippen LogP contribution in [0.25, 0.3) is 0 Å². The van der Waals surface area contributed by atoms with Gasteiger partial charge in [-0.15, -0.1) is 0 Å². The van der Waals surface area contributed by atoms with Gasteiger partial charge in [0.05, 0.1) is 0 Å². The molecule has 0 unspecified atom stereocenters. The zero-order valence-corrected chi connectivity index (χ0v) is 9.53. The zero-order chi connectivity index (χ0) is 11.4. The number of nitrogens with one attached hydrogen (secondary N) is 1. The lowest BCUT2D eigenvalue weighted by molar-refractivity contribution is -0.122. The van der Waals surface area contributed by atoms with Crippen molar-refractivity contribution in [2.24, 2.45) is 5.92 Å². The van der Waals surface area contributed by atoms with Gasteiger partial charge in [0.25, 0.3) is 0 Å². The summed E-state index contributed by atoms with van der Waals surface area (Å²) < 4.78 is 5.24. The summed E-state index contributed by atoms with van der Waals surface area (Å²) in [6.45, 7) is 3.42. The van der Waals surface area contributed by atoms with Gasteiger partial charge in [-0.1, -0.05) is 12.1 Å². The van der Waals surface area contributed by atoms with Crippen molar-refractivity contribution in [1.29, 1.82) is 0 Å². The number of aryl methyl sites for hydroxylation is 1. The van der Waals surface area contributed by atoms with Gasteiger partial charge in [0.15, 0.2) is 0 Å². The molecular weight excluding hydrogens is 202 g/mol. The van der Waals surface area contributed by atoms with E-state index in [9.17, 15) is 4.79 Å². The Bertz CT molecular complexity index is 370. The van der Waals surface area contributed by atoms with E-state index in [0.717, 1.165) is 24.1 Å². The van der Waals surface area contributed by atoms with Crippen LogP contribution >= 0.6 is 0 Å². The lowest BCUT2D eigenvalue weighted by Gasteiger charge is -2.21. The van der Waals surface area contributed by atoms with E-state index in [4.69, 9.17) is 4.74 Å². The molecule has 1 saturated heterocycles. The van der Waals surface area contributed by atoms with E-state index in [0.29, 0.717) is 13.2 Å². The standard InChI is InChI=1S/C13H17NO2/c1-10-3-2-4-12(9-10)14-13(15)11-5-7-16-8-6-11/h2-4,9,11H,5-8H2,1H3,(H,14,15). The minimum absolute atomic E-state index is 0.106. The van der Waals surface area contributed by atoms with Crippen molar-refractivity contribution in [1.82, 2.24) is 0 Å². The molecule has 3 heteroatoms. The Balaban J connectivity index is 1.96. The summed E-state index contributed by atoms with van der Waals surface area (Å²) in [6.07, 6.45) is 1.66. The maximum absolute atomic E-state index is 11.9. The predicted octanol–water partition coefficient (Wildman–Crippen LogP) is 2.36.